The molecule has 0 bridgehead atoms. The summed E-state index contributed by atoms with van der Waals surface area (Å²) in [5.41, 5.74) is 0.581. The van der Waals surface area contributed by atoms with Crippen LogP contribution in [0.4, 0.5) is 5.69 Å². The highest BCUT2D eigenvalue weighted by Crippen LogP contribution is 2.20. The van der Waals surface area contributed by atoms with Gasteiger partial charge in [-0.1, -0.05) is 23.7 Å². The lowest BCUT2D eigenvalue weighted by atomic mass is 10.3. The zero-order chi connectivity index (χ0) is 15.7. The number of ether oxygens (including phenoxy) is 1. The van der Waals surface area contributed by atoms with Crippen molar-refractivity contribution < 1.29 is 14.3 Å². The molecule has 1 aromatic rings. The minimum atomic E-state index is -0.166. The number of nitrogens with one attached hydrogen (secondary N) is 1. The van der Waals surface area contributed by atoms with E-state index in [9.17, 15) is 9.59 Å². The van der Waals surface area contributed by atoms with Crippen molar-refractivity contribution in [2.45, 2.75) is 19.8 Å². The summed E-state index contributed by atoms with van der Waals surface area (Å²) in [4.78, 5) is 25.0. The molecule has 0 unspecified atom stereocenters. The average molecular weight is 313 g/mol. The highest BCUT2D eigenvalue weighted by atomic mass is 35.5. The van der Waals surface area contributed by atoms with Gasteiger partial charge in [0.05, 0.1) is 10.7 Å². The Morgan fingerprint density at radius 3 is 2.62 bits per heavy atom. The van der Waals surface area contributed by atoms with E-state index in [0.29, 0.717) is 30.4 Å². The molecule has 116 valence electrons. The largest absolute Gasteiger partial charge is 0.385 e. The first-order valence-corrected chi connectivity index (χ1v) is 7.21. The summed E-state index contributed by atoms with van der Waals surface area (Å²) in [5.74, 6) is -0.210. The molecule has 0 aliphatic heterocycles. The van der Waals surface area contributed by atoms with Crippen LogP contribution < -0.4 is 5.32 Å². The fourth-order valence-corrected chi connectivity index (χ4v) is 2.02. The molecule has 0 saturated carbocycles. The Balaban J connectivity index is 2.42. The number of para-hydroxylation sites is 1. The summed E-state index contributed by atoms with van der Waals surface area (Å²) in [6.07, 6.45) is 0.986. The van der Waals surface area contributed by atoms with Gasteiger partial charge in [-0.25, -0.2) is 0 Å². The van der Waals surface area contributed by atoms with Gasteiger partial charge in [-0.15, -0.1) is 0 Å². The molecule has 1 aromatic carbocycles. The van der Waals surface area contributed by atoms with Gasteiger partial charge in [0, 0.05) is 40.2 Å². The van der Waals surface area contributed by atoms with Gasteiger partial charge in [0.1, 0.15) is 0 Å². The normalized spacial score (nSPS) is 10.2. The Labute approximate surface area is 130 Å². The topological polar surface area (TPSA) is 58.6 Å². The highest BCUT2D eigenvalue weighted by Gasteiger charge is 2.11. The summed E-state index contributed by atoms with van der Waals surface area (Å²) in [7, 11) is 1.62. The number of hydrogen-bond donors (Lipinski definition) is 1. The number of anilines is 1. The third kappa shape index (κ3) is 6.60. The van der Waals surface area contributed by atoms with Gasteiger partial charge in [0.25, 0.3) is 0 Å². The van der Waals surface area contributed by atoms with Crippen molar-refractivity contribution in [1.29, 1.82) is 0 Å². The third-order valence-corrected chi connectivity index (χ3v) is 3.31. The zero-order valence-corrected chi connectivity index (χ0v) is 13.2. The monoisotopic (exact) mass is 312 g/mol. The first-order chi connectivity index (χ1) is 10.0. The van der Waals surface area contributed by atoms with Gasteiger partial charge in [0.2, 0.25) is 11.8 Å². The van der Waals surface area contributed by atoms with Crippen LogP contribution in [0.2, 0.25) is 5.02 Å². The number of hydrogen-bond acceptors (Lipinski definition) is 3. The van der Waals surface area contributed by atoms with E-state index in [1.165, 1.54) is 6.92 Å². The molecular formula is C15H21ClN2O3. The second-order valence-corrected chi connectivity index (χ2v) is 5.04. The molecular weight excluding hydrogens is 292 g/mol. The van der Waals surface area contributed by atoms with Crippen molar-refractivity contribution >= 4 is 29.1 Å². The lowest BCUT2D eigenvalue weighted by molar-refractivity contribution is -0.129. The number of benzene rings is 1. The smallest absolute Gasteiger partial charge is 0.226 e. The Morgan fingerprint density at radius 1 is 1.29 bits per heavy atom. The Hall–Kier alpha value is -1.59. The molecule has 0 radical (unpaired) electrons. The molecule has 1 rings (SSSR count). The molecule has 0 aliphatic carbocycles. The first-order valence-electron chi connectivity index (χ1n) is 6.83. The molecule has 2 amide bonds. The number of methoxy groups -OCH3 is 1. The van der Waals surface area contributed by atoms with Crippen molar-refractivity contribution in [3.05, 3.63) is 29.3 Å². The molecule has 1 N–H and O–H groups in total. The molecule has 0 aromatic heterocycles. The van der Waals surface area contributed by atoms with E-state index in [0.717, 1.165) is 6.42 Å². The molecule has 0 atom stereocenters. The van der Waals surface area contributed by atoms with E-state index < -0.39 is 0 Å². The maximum absolute atomic E-state index is 11.9. The lowest BCUT2D eigenvalue weighted by Crippen LogP contribution is -2.33. The van der Waals surface area contributed by atoms with Gasteiger partial charge in [-0.3, -0.25) is 9.59 Å². The van der Waals surface area contributed by atoms with Crippen LogP contribution in [0.3, 0.4) is 0 Å². The van der Waals surface area contributed by atoms with Gasteiger partial charge in [-0.2, -0.15) is 0 Å². The van der Waals surface area contributed by atoms with E-state index in [1.807, 2.05) is 0 Å². The van der Waals surface area contributed by atoms with Gasteiger partial charge in [-0.05, 0) is 18.6 Å². The molecule has 5 nitrogen and oxygen atoms in total. The maximum atomic E-state index is 11.9. The van der Waals surface area contributed by atoms with Crippen molar-refractivity contribution in [3.63, 3.8) is 0 Å². The lowest BCUT2D eigenvalue weighted by Gasteiger charge is -2.20. The number of rotatable bonds is 8. The average Bonchev–Trinajstić information content (AvgIpc) is 2.44. The second kappa shape index (κ2) is 9.37. The molecule has 0 saturated heterocycles. The highest BCUT2D eigenvalue weighted by molar-refractivity contribution is 6.33. The SMILES string of the molecule is COCCCN(CCC(=O)Nc1ccccc1Cl)C(C)=O. The first kappa shape index (κ1) is 17.5. The van der Waals surface area contributed by atoms with E-state index in [-0.39, 0.29) is 18.2 Å². The fourth-order valence-electron chi connectivity index (χ4n) is 1.84. The van der Waals surface area contributed by atoms with Crippen LogP contribution in [0.15, 0.2) is 24.3 Å². The summed E-state index contributed by atoms with van der Waals surface area (Å²) in [5, 5.41) is 3.23. The molecule has 0 aliphatic rings. The Bertz CT molecular complexity index is 480. The number of nitrogens with zero attached hydrogens (tertiary/aromatic N) is 1. The van der Waals surface area contributed by atoms with E-state index >= 15 is 0 Å². The number of amides is 2. The summed E-state index contributed by atoms with van der Waals surface area (Å²) in [6, 6.07) is 7.05. The Kier molecular flexibility index (Phi) is 7.79. The van der Waals surface area contributed by atoms with E-state index in [1.54, 1.807) is 36.3 Å². The van der Waals surface area contributed by atoms with Crippen LogP contribution in [-0.2, 0) is 14.3 Å². The summed E-state index contributed by atoms with van der Waals surface area (Å²) < 4.78 is 4.96. The maximum Gasteiger partial charge on any atom is 0.226 e. The van der Waals surface area contributed by atoms with Crippen LogP contribution >= 0.6 is 11.6 Å². The van der Waals surface area contributed by atoms with Crippen molar-refractivity contribution in [2.24, 2.45) is 0 Å². The number of halogens is 1. The molecule has 0 fully saturated rings. The minimum Gasteiger partial charge on any atom is -0.385 e. The van der Waals surface area contributed by atoms with E-state index in [2.05, 4.69) is 5.32 Å². The van der Waals surface area contributed by atoms with Crippen LogP contribution in [0.25, 0.3) is 0 Å². The fraction of sp³-hybridized carbons (Fsp3) is 0.467. The number of carbonyl (C=O) groups excluding carboxylic acids is 2. The minimum absolute atomic E-state index is 0.0448. The predicted octanol–water partition coefficient (Wildman–Crippen LogP) is 2.55. The molecule has 21 heavy (non-hydrogen) atoms. The van der Waals surface area contributed by atoms with Crippen LogP contribution in [0.1, 0.15) is 19.8 Å². The third-order valence-electron chi connectivity index (χ3n) is 2.98. The summed E-state index contributed by atoms with van der Waals surface area (Å²) >= 11 is 5.97. The van der Waals surface area contributed by atoms with Gasteiger partial charge >= 0.3 is 0 Å². The quantitative estimate of drug-likeness (QED) is 0.751. The van der Waals surface area contributed by atoms with Gasteiger partial charge in [0.15, 0.2) is 0 Å². The van der Waals surface area contributed by atoms with Crippen molar-refractivity contribution in [2.75, 3.05) is 32.1 Å². The summed E-state index contributed by atoms with van der Waals surface area (Å²) in [6.45, 7) is 3.06. The predicted molar refractivity (Wildman–Crippen MR) is 83.4 cm³/mol. The standard InChI is InChI=1S/C15H21ClN2O3/c1-12(19)18(9-5-11-21-2)10-8-15(20)17-14-7-4-3-6-13(14)16/h3-4,6-7H,5,8-11H2,1-2H3,(H,17,20). The molecule has 0 heterocycles. The van der Waals surface area contributed by atoms with E-state index in [4.69, 9.17) is 16.3 Å². The molecule has 6 heteroatoms. The van der Waals surface area contributed by atoms with Crippen LogP contribution in [0, 0.1) is 0 Å². The van der Waals surface area contributed by atoms with Crippen molar-refractivity contribution in [3.8, 4) is 0 Å². The Morgan fingerprint density at radius 2 is 2.00 bits per heavy atom. The zero-order valence-electron chi connectivity index (χ0n) is 12.4. The molecule has 0 spiro atoms. The number of carbonyl (C=O) groups is 2. The van der Waals surface area contributed by atoms with Gasteiger partial charge < -0.3 is 15.0 Å². The second-order valence-electron chi connectivity index (χ2n) is 4.63. The van der Waals surface area contributed by atoms with Crippen LogP contribution in [0.5, 0.6) is 0 Å². The van der Waals surface area contributed by atoms with Crippen LogP contribution in [-0.4, -0.2) is 43.5 Å². The van der Waals surface area contributed by atoms with Crippen molar-refractivity contribution in [1.82, 2.24) is 4.90 Å².